The molecule has 0 radical (unpaired) electrons. The van der Waals surface area contributed by atoms with E-state index in [9.17, 15) is 0 Å². The van der Waals surface area contributed by atoms with Gasteiger partial charge in [-0.3, -0.25) is 0 Å². The molecule has 0 amide bonds. The van der Waals surface area contributed by atoms with Crippen LogP contribution in [0.5, 0.6) is 5.88 Å². The highest BCUT2D eigenvalue weighted by Crippen LogP contribution is 2.25. The minimum atomic E-state index is 0.289. The van der Waals surface area contributed by atoms with Gasteiger partial charge in [0.15, 0.2) is 0 Å². The average molecular weight is 251 g/mol. The van der Waals surface area contributed by atoms with Gasteiger partial charge in [0.1, 0.15) is 6.33 Å². The Morgan fingerprint density at radius 3 is 2.50 bits per heavy atom. The van der Waals surface area contributed by atoms with Crippen LogP contribution in [0.4, 0.5) is 0 Å². The van der Waals surface area contributed by atoms with Crippen molar-refractivity contribution in [2.24, 2.45) is 5.92 Å². The Morgan fingerprint density at radius 1 is 1.22 bits per heavy atom. The molecule has 1 unspecified atom stereocenters. The Hall–Kier alpha value is -1.16. The summed E-state index contributed by atoms with van der Waals surface area (Å²) in [6.45, 7) is 7.56. The number of ether oxygens (including phenoxy) is 1. The number of methoxy groups -OCH3 is 1. The standard InChI is InChI=1S/C14H25N3O/c1-5-11(6-2)8-12(15-7-3)13-9-14(18-4)17-10-16-13/h9-12,15H,5-8H2,1-4H3. The summed E-state index contributed by atoms with van der Waals surface area (Å²) < 4.78 is 5.16. The molecule has 0 bridgehead atoms. The molecule has 0 aliphatic rings. The summed E-state index contributed by atoms with van der Waals surface area (Å²) in [6.07, 6.45) is 5.10. The first kappa shape index (κ1) is 14.9. The molecule has 0 spiro atoms. The van der Waals surface area contributed by atoms with Crippen LogP contribution >= 0.6 is 0 Å². The maximum absolute atomic E-state index is 5.16. The SMILES string of the molecule is CCNC(CC(CC)CC)c1cc(OC)ncn1. The third-order valence-corrected chi connectivity index (χ3v) is 3.40. The molecular formula is C14H25N3O. The van der Waals surface area contributed by atoms with Crippen LogP contribution in [0.25, 0.3) is 0 Å². The van der Waals surface area contributed by atoms with Crippen molar-refractivity contribution in [2.75, 3.05) is 13.7 Å². The molecule has 18 heavy (non-hydrogen) atoms. The second kappa shape index (κ2) is 8.03. The maximum Gasteiger partial charge on any atom is 0.216 e. The fraction of sp³-hybridized carbons (Fsp3) is 0.714. The van der Waals surface area contributed by atoms with E-state index < -0.39 is 0 Å². The van der Waals surface area contributed by atoms with Gasteiger partial charge in [-0.05, 0) is 18.9 Å². The van der Waals surface area contributed by atoms with Gasteiger partial charge in [0.05, 0.1) is 12.8 Å². The Kier molecular flexibility index (Phi) is 6.65. The van der Waals surface area contributed by atoms with Crippen molar-refractivity contribution in [3.8, 4) is 5.88 Å². The lowest BCUT2D eigenvalue weighted by Gasteiger charge is -2.22. The van der Waals surface area contributed by atoms with Crippen molar-refractivity contribution in [1.82, 2.24) is 15.3 Å². The first-order chi connectivity index (χ1) is 8.74. The lowest BCUT2D eigenvalue weighted by Crippen LogP contribution is -2.24. The van der Waals surface area contributed by atoms with Crippen LogP contribution in [0.1, 0.15) is 51.8 Å². The molecule has 0 saturated heterocycles. The topological polar surface area (TPSA) is 47.0 Å². The van der Waals surface area contributed by atoms with Crippen LogP contribution in [0.3, 0.4) is 0 Å². The predicted octanol–water partition coefficient (Wildman–Crippen LogP) is 2.96. The van der Waals surface area contributed by atoms with Gasteiger partial charge in [0.25, 0.3) is 0 Å². The van der Waals surface area contributed by atoms with Crippen molar-refractivity contribution in [3.63, 3.8) is 0 Å². The molecule has 102 valence electrons. The zero-order chi connectivity index (χ0) is 13.4. The number of hydrogen-bond acceptors (Lipinski definition) is 4. The normalized spacial score (nSPS) is 12.7. The lowest BCUT2D eigenvalue weighted by molar-refractivity contribution is 0.364. The van der Waals surface area contributed by atoms with E-state index in [0.717, 1.165) is 24.6 Å². The molecule has 0 saturated carbocycles. The summed E-state index contributed by atoms with van der Waals surface area (Å²) in [5.41, 5.74) is 1.02. The van der Waals surface area contributed by atoms with Crippen LogP contribution in [0.15, 0.2) is 12.4 Å². The second-order valence-corrected chi connectivity index (χ2v) is 4.51. The first-order valence-corrected chi connectivity index (χ1v) is 6.84. The van der Waals surface area contributed by atoms with Crippen LogP contribution in [-0.4, -0.2) is 23.6 Å². The van der Waals surface area contributed by atoms with Crippen molar-refractivity contribution in [2.45, 2.75) is 46.1 Å². The molecular weight excluding hydrogens is 226 g/mol. The highest BCUT2D eigenvalue weighted by molar-refractivity contribution is 5.16. The zero-order valence-corrected chi connectivity index (χ0v) is 11.9. The predicted molar refractivity (Wildman–Crippen MR) is 73.7 cm³/mol. The monoisotopic (exact) mass is 251 g/mol. The van der Waals surface area contributed by atoms with Gasteiger partial charge in [-0.2, -0.15) is 0 Å². The molecule has 0 aromatic carbocycles. The zero-order valence-electron chi connectivity index (χ0n) is 11.9. The van der Waals surface area contributed by atoms with Gasteiger partial charge in [-0.15, -0.1) is 0 Å². The Morgan fingerprint density at radius 2 is 1.94 bits per heavy atom. The third kappa shape index (κ3) is 4.26. The van der Waals surface area contributed by atoms with Gasteiger partial charge in [-0.25, -0.2) is 9.97 Å². The second-order valence-electron chi connectivity index (χ2n) is 4.51. The van der Waals surface area contributed by atoms with E-state index in [4.69, 9.17) is 4.74 Å². The summed E-state index contributed by atoms with van der Waals surface area (Å²) in [5, 5.41) is 3.50. The van der Waals surface area contributed by atoms with Crippen molar-refractivity contribution in [3.05, 3.63) is 18.1 Å². The Balaban J connectivity index is 2.81. The van der Waals surface area contributed by atoms with Crippen molar-refractivity contribution in [1.29, 1.82) is 0 Å². The van der Waals surface area contributed by atoms with Gasteiger partial charge in [0, 0.05) is 12.1 Å². The average Bonchev–Trinajstić information content (AvgIpc) is 2.43. The summed E-state index contributed by atoms with van der Waals surface area (Å²) in [5.74, 6) is 1.36. The molecule has 1 rings (SSSR count). The molecule has 0 aliphatic carbocycles. The summed E-state index contributed by atoms with van der Waals surface area (Å²) in [4.78, 5) is 8.43. The number of nitrogens with one attached hydrogen (secondary N) is 1. The van der Waals surface area contributed by atoms with Crippen LogP contribution in [0.2, 0.25) is 0 Å². The number of aromatic nitrogens is 2. The molecule has 1 atom stereocenters. The van der Waals surface area contributed by atoms with E-state index in [-0.39, 0.29) is 6.04 Å². The number of hydrogen-bond donors (Lipinski definition) is 1. The summed E-state index contributed by atoms with van der Waals surface area (Å²) in [6, 6.07) is 2.22. The van der Waals surface area contributed by atoms with Gasteiger partial charge < -0.3 is 10.1 Å². The van der Waals surface area contributed by atoms with E-state index in [2.05, 4.69) is 36.1 Å². The minimum absolute atomic E-state index is 0.289. The van der Waals surface area contributed by atoms with Crippen molar-refractivity contribution < 1.29 is 4.74 Å². The highest BCUT2D eigenvalue weighted by atomic mass is 16.5. The van der Waals surface area contributed by atoms with Gasteiger partial charge in [0.2, 0.25) is 5.88 Å². The molecule has 1 aromatic heterocycles. The van der Waals surface area contributed by atoms with Gasteiger partial charge >= 0.3 is 0 Å². The number of nitrogens with zero attached hydrogens (tertiary/aromatic N) is 2. The van der Waals surface area contributed by atoms with Crippen LogP contribution < -0.4 is 10.1 Å². The van der Waals surface area contributed by atoms with Crippen LogP contribution in [0, 0.1) is 5.92 Å². The van der Waals surface area contributed by atoms with Crippen LogP contribution in [-0.2, 0) is 0 Å². The quantitative estimate of drug-likeness (QED) is 0.771. The molecule has 1 heterocycles. The molecule has 4 heteroatoms. The smallest absolute Gasteiger partial charge is 0.216 e. The summed E-state index contributed by atoms with van der Waals surface area (Å²) in [7, 11) is 1.63. The lowest BCUT2D eigenvalue weighted by atomic mass is 9.93. The number of rotatable bonds is 8. The fourth-order valence-corrected chi connectivity index (χ4v) is 2.17. The molecule has 0 aliphatic heterocycles. The first-order valence-electron chi connectivity index (χ1n) is 6.84. The van der Waals surface area contributed by atoms with E-state index >= 15 is 0 Å². The largest absolute Gasteiger partial charge is 0.481 e. The molecule has 1 aromatic rings. The minimum Gasteiger partial charge on any atom is -0.481 e. The highest BCUT2D eigenvalue weighted by Gasteiger charge is 2.17. The van der Waals surface area contributed by atoms with E-state index in [1.807, 2.05) is 6.07 Å². The van der Waals surface area contributed by atoms with E-state index in [1.54, 1.807) is 13.4 Å². The van der Waals surface area contributed by atoms with Crippen molar-refractivity contribution >= 4 is 0 Å². The third-order valence-electron chi connectivity index (χ3n) is 3.40. The van der Waals surface area contributed by atoms with E-state index in [0.29, 0.717) is 5.88 Å². The maximum atomic E-state index is 5.16. The fourth-order valence-electron chi connectivity index (χ4n) is 2.17. The summed E-state index contributed by atoms with van der Waals surface area (Å²) >= 11 is 0. The van der Waals surface area contributed by atoms with E-state index in [1.165, 1.54) is 12.8 Å². The molecule has 4 nitrogen and oxygen atoms in total. The molecule has 0 fully saturated rings. The Bertz CT molecular complexity index is 340. The Labute approximate surface area is 110 Å². The molecule has 1 N–H and O–H groups in total. The van der Waals surface area contributed by atoms with Gasteiger partial charge in [-0.1, -0.05) is 33.6 Å².